The number of halogens is 1. The number of fused-ring (bicyclic) bond motifs is 4. The fraction of sp³-hybridized carbons (Fsp3) is 0.149. The predicted octanol–water partition coefficient (Wildman–Crippen LogP) is 15.8. The molecule has 1 spiro atoms. The molecule has 0 amide bonds. The van der Waals surface area contributed by atoms with Gasteiger partial charge in [-0.3, -0.25) is 4.98 Å². The number of rotatable bonds is 8. The molecular weight excluding hydrogens is 922 g/mol. The van der Waals surface area contributed by atoms with E-state index in [9.17, 15) is 0 Å². The van der Waals surface area contributed by atoms with Crippen LogP contribution in [0.5, 0.6) is 0 Å². The highest BCUT2D eigenvalue weighted by molar-refractivity contribution is 6.02. The van der Waals surface area contributed by atoms with Gasteiger partial charge in [-0.05, 0) is 131 Å². The number of nitrogens with zero attached hydrogens (tertiary/aromatic N) is 7. The number of hydrogen-bond donors (Lipinski definition) is 0. The van der Waals surface area contributed by atoms with Crippen molar-refractivity contribution in [3.05, 3.63) is 223 Å². The van der Waals surface area contributed by atoms with Crippen LogP contribution in [0.2, 0.25) is 0 Å². The van der Waals surface area contributed by atoms with Gasteiger partial charge in [0.2, 0.25) is 0 Å². The van der Waals surface area contributed by atoms with Gasteiger partial charge in [0.05, 0.1) is 5.52 Å². The molecule has 8 aromatic carbocycles. The first-order valence-electron chi connectivity index (χ1n) is 26.2. The van der Waals surface area contributed by atoms with Crippen molar-refractivity contribution in [1.82, 2.24) is 34.9 Å². The second kappa shape index (κ2) is 17.4. The van der Waals surface area contributed by atoms with Crippen molar-refractivity contribution in [3.8, 4) is 102 Å². The lowest BCUT2D eigenvalue weighted by Crippen LogP contribution is -2.55. The van der Waals surface area contributed by atoms with E-state index in [1.54, 1.807) is 6.07 Å². The lowest BCUT2D eigenvalue weighted by Gasteiger charge is -2.61. The Morgan fingerprint density at radius 2 is 0.773 bits per heavy atom. The molecule has 8 heteroatoms. The molecule has 3 heterocycles. The van der Waals surface area contributed by atoms with Crippen LogP contribution in [-0.2, 0) is 5.41 Å². The molecule has 5 aliphatic rings. The van der Waals surface area contributed by atoms with E-state index < -0.39 is 0 Å². The van der Waals surface area contributed by atoms with Crippen LogP contribution in [0, 0.1) is 29.5 Å². The van der Waals surface area contributed by atoms with Crippen molar-refractivity contribution in [1.29, 1.82) is 0 Å². The summed E-state index contributed by atoms with van der Waals surface area (Å²) in [7, 11) is 0. The molecule has 0 radical (unpaired) electrons. The van der Waals surface area contributed by atoms with Crippen molar-refractivity contribution in [3.63, 3.8) is 0 Å². The lowest BCUT2D eigenvalue weighted by atomic mass is 9.43. The average Bonchev–Trinajstić information content (AvgIpc) is 3.99. The SMILES string of the molecule is Fc1ccc(-c2nc(-c3ccccc3)nc(-c3ccccc3)n2)c(-c2ccc3c(c2)C2(c4cc(-c5cccc6c(-c7nc(-c8ccccc8)nc(-c8ccccc8)n7)ccnc56)ccc4-3)C3CC4CC(C3)CC2C4)c1. The van der Waals surface area contributed by atoms with E-state index in [1.807, 2.05) is 140 Å². The van der Waals surface area contributed by atoms with Crippen molar-refractivity contribution >= 4 is 10.9 Å². The van der Waals surface area contributed by atoms with Crippen LogP contribution in [0.25, 0.3) is 113 Å². The van der Waals surface area contributed by atoms with Crippen molar-refractivity contribution in [2.75, 3.05) is 0 Å². The predicted molar refractivity (Wildman–Crippen MR) is 295 cm³/mol. The van der Waals surface area contributed by atoms with Crippen LogP contribution in [0.1, 0.15) is 43.2 Å². The molecule has 4 saturated carbocycles. The van der Waals surface area contributed by atoms with Crippen LogP contribution in [0.3, 0.4) is 0 Å². The summed E-state index contributed by atoms with van der Waals surface area (Å²) in [5.41, 5.74) is 15.3. The molecule has 11 aromatic rings. The molecule has 75 heavy (non-hydrogen) atoms. The van der Waals surface area contributed by atoms with Gasteiger partial charge >= 0.3 is 0 Å². The Balaban J connectivity index is 0.875. The van der Waals surface area contributed by atoms with E-state index in [1.165, 1.54) is 60.4 Å². The first-order valence-corrected chi connectivity index (χ1v) is 26.2. The van der Waals surface area contributed by atoms with Crippen LogP contribution in [-0.4, -0.2) is 34.9 Å². The van der Waals surface area contributed by atoms with Crippen molar-refractivity contribution < 1.29 is 4.39 Å². The highest BCUT2D eigenvalue weighted by Gasteiger charge is 2.61. The largest absolute Gasteiger partial charge is 0.256 e. The van der Waals surface area contributed by atoms with Gasteiger partial charge in [0.15, 0.2) is 34.9 Å². The first kappa shape index (κ1) is 43.7. The van der Waals surface area contributed by atoms with Gasteiger partial charge < -0.3 is 0 Å². The molecule has 0 aliphatic heterocycles. The van der Waals surface area contributed by atoms with Gasteiger partial charge in [0, 0.05) is 55.9 Å². The maximum absolute atomic E-state index is 15.9. The van der Waals surface area contributed by atoms with Crippen molar-refractivity contribution in [2.45, 2.75) is 37.5 Å². The van der Waals surface area contributed by atoms with Gasteiger partial charge in [-0.15, -0.1) is 0 Å². The van der Waals surface area contributed by atoms with Gasteiger partial charge in [-0.25, -0.2) is 34.3 Å². The smallest absolute Gasteiger partial charge is 0.164 e. The molecule has 16 rings (SSSR count). The second-order valence-electron chi connectivity index (χ2n) is 21.0. The minimum absolute atomic E-state index is 0.193. The average molecular weight is 970 g/mol. The van der Waals surface area contributed by atoms with E-state index in [0.29, 0.717) is 46.8 Å². The molecule has 7 nitrogen and oxygen atoms in total. The number of benzene rings is 8. The summed E-state index contributed by atoms with van der Waals surface area (Å²) in [5.74, 6) is 5.70. The molecule has 0 saturated heterocycles. The molecule has 5 aliphatic carbocycles. The third kappa shape index (κ3) is 7.18. The summed E-state index contributed by atoms with van der Waals surface area (Å²) in [6, 6.07) is 67.9. The highest BCUT2D eigenvalue weighted by Crippen LogP contribution is 2.70. The molecular formula is C67H48FN7. The Hall–Kier alpha value is -8.88. The number of pyridine rings is 1. The normalized spacial score (nSPS) is 19.9. The number of aromatic nitrogens is 7. The summed E-state index contributed by atoms with van der Waals surface area (Å²) in [4.78, 5) is 35.6. The van der Waals surface area contributed by atoms with Crippen LogP contribution in [0.4, 0.5) is 4.39 Å². The maximum atomic E-state index is 15.9. The highest BCUT2D eigenvalue weighted by atomic mass is 19.1. The molecule has 0 atom stereocenters. The Morgan fingerprint density at radius 1 is 0.333 bits per heavy atom. The third-order valence-electron chi connectivity index (χ3n) is 16.9. The Morgan fingerprint density at radius 3 is 1.27 bits per heavy atom. The summed E-state index contributed by atoms with van der Waals surface area (Å²) >= 11 is 0. The van der Waals surface area contributed by atoms with E-state index in [-0.39, 0.29) is 11.2 Å². The second-order valence-corrected chi connectivity index (χ2v) is 21.0. The Bertz CT molecular complexity index is 3890. The first-order chi connectivity index (χ1) is 37.0. The zero-order chi connectivity index (χ0) is 49.6. The molecule has 3 aromatic heterocycles. The molecule has 4 fully saturated rings. The zero-order valence-electron chi connectivity index (χ0n) is 41.0. The van der Waals surface area contributed by atoms with Crippen LogP contribution in [0.15, 0.2) is 206 Å². The minimum Gasteiger partial charge on any atom is -0.256 e. The number of hydrogen-bond acceptors (Lipinski definition) is 7. The third-order valence-corrected chi connectivity index (χ3v) is 16.9. The van der Waals surface area contributed by atoms with Gasteiger partial charge in [0.1, 0.15) is 5.82 Å². The minimum atomic E-state index is -0.303. The molecule has 0 unspecified atom stereocenters. The van der Waals surface area contributed by atoms with Crippen LogP contribution >= 0.6 is 0 Å². The lowest BCUT2D eigenvalue weighted by molar-refractivity contribution is -0.0399. The van der Waals surface area contributed by atoms with Crippen molar-refractivity contribution in [2.24, 2.45) is 23.7 Å². The quantitative estimate of drug-likeness (QED) is 0.150. The van der Waals surface area contributed by atoms with E-state index in [4.69, 9.17) is 34.9 Å². The standard InChI is InChI=1S/C67H48FN7/c68-50-26-29-55(65-72-61(42-14-5-1-6-15-42)70-62(73-65)43-16-7-2-8-17-43)57(39-50)47-25-28-53-52-27-24-46(37-58(52)67(59(53)38-47)48-33-40-32-41(35-48)36-49(67)34-40)51-22-13-23-54-56(30-31-69-60(51)54)66-74-63(44-18-9-3-10-19-44)71-64(75-66)45-20-11-4-12-21-45/h1-31,37-41,48-49H,32-36H2. The zero-order valence-corrected chi connectivity index (χ0v) is 41.0. The van der Waals surface area contributed by atoms with E-state index in [0.717, 1.165) is 78.4 Å². The van der Waals surface area contributed by atoms with E-state index in [2.05, 4.69) is 54.6 Å². The Labute approximate surface area is 434 Å². The number of para-hydroxylation sites is 1. The summed E-state index contributed by atoms with van der Waals surface area (Å²) in [6.45, 7) is 0. The van der Waals surface area contributed by atoms with Gasteiger partial charge in [-0.1, -0.05) is 164 Å². The molecule has 4 bridgehead atoms. The van der Waals surface area contributed by atoms with Gasteiger partial charge in [-0.2, -0.15) is 0 Å². The Kier molecular flexibility index (Phi) is 10.1. The summed E-state index contributed by atoms with van der Waals surface area (Å²) in [5, 5.41) is 0.979. The summed E-state index contributed by atoms with van der Waals surface area (Å²) in [6.07, 6.45) is 8.14. The van der Waals surface area contributed by atoms with Gasteiger partial charge in [0.25, 0.3) is 0 Å². The topological polar surface area (TPSA) is 90.2 Å². The summed E-state index contributed by atoms with van der Waals surface area (Å²) < 4.78 is 15.9. The van der Waals surface area contributed by atoms with Crippen LogP contribution < -0.4 is 0 Å². The molecule has 358 valence electrons. The maximum Gasteiger partial charge on any atom is 0.164 e. The monoisotopic (exact) mass is 969 g/mol. The molecule has 0 N–H and O–H groups in total. The fourth-order valence-corrected chi connectivity index (χ4v) is 13.9. The van der Waals surface area contributed by atoms with E-state index >= 15 is 4.39 Å². The fourth-order valence-electron chi connectivity index (χ4n) is 13.9.